The van der Waals surface area contributed by atoms with Crippen molar-refractivity contribution in [2.45, 2.75) is 20.3 Å². The number of Topliss-reactive ketones (excluding diaryl/α,β-unsaturated/α-hetero) is 1. The first-order valence-corrected chi connectivity index (χ1v) is 7.39. The number of aromatic amines is 1. The third-order valence-electron chi connectivity index (χ3n) is 4.06. The molecule has 22 heavy (non-hydrogen) atoms. The van der Waals surface area contributed by atoms with Gasteiger partial charge in [0.2, 0.25) is 5.82 Å². The zero-order valence-electron chi connectivity index (χ0n) is 12.8. The van der Waals surface area contributed by atoms with Crippen molar-refractivity contribution in [2.24, 2.45) is 0 Å². The van der Waals surface area contributed by atoms with Crippen LogP contribution in [0.1, 0.15) is 33.7 Å². The molecular formula is C16H19N5O. The van der Waals surface area contributed by atoms with Gasteiger partial charge < -0.3 is 0 Å². The van der Waals surface area contributed by atoms with E-state index in [4.69, 9.17) is 0 Å². The van der Waals surface area contributed by atoms with E-state index in [0.29, 0.717) is 18.9 Å². The van der Waals surface area contributed by atoms with Crippen molar-refractivity contribution in [3.63, 3.8) is 0 Å². The molecule has 0 atom stereocenters. The lowest BCUT2D eigenvalue weighted by Gasteiger charge is -2.25. The van der Waals surface area contributed by atoms with Gasteiger partial charge in [0.05, 0.1) is 6.54 Å². The summed E-state index contributed by atoms with van der Waals surface area (Å²) in [6.45, 7) is 6.05. The summed E-state index contributed by atoms with van der Waals surface area (Å²) in [6, 6.07) is 5.88. The van der Waals surface area contributed by atoms with E-state index in [1.54, 1.807) is 0 Å². The Labute approximate surface area is 129 Å². The molecule has 1 aromatic heterocycles. The van der Waals surface area contributed by atoms with E-state index in [-0.39, 0.29) is 5.78 Å². The van der Waals surface area contributed by atoms with Crippen molar-refractivity contribution in [2.75, 3.05) is 19.6 Å². The van der Waals surface area contributed by atoms with E-state index in [9.17, 15) is 4.79 Å². The van der Waals surface area contributed by atoms with Gasteiger partial charge in [0.25, 0.3) is 0 Å². The summed E-state index contributed by atoms with van der Waals surface area (Å²) in [5, 5.41) is 14.1. The fourth-order valence-electron chi connectivity index (χ4n) is 2.61. The van der Waals surface area contributed by atoms with Gasteiger partial charge in [-0.1, -0.05) is 18.2 Å². The fourth-order valence-corrected chi connectivity index (χ4v) is 2.61. The molecule has 1 aliphatic heterocycles. The van der Waals surface area contributed by atoms with E-state index in [1.807, 2.05) is 25.1 Å². The number of carbonyl (C=O) groups is 1. The Morgan fingerprint density at radius 2 is 2.18 bits per heavy atom. The second kappa shape index (κ2) is 6.19. The van der Waals surface area contributed by atoms with Gasteiger partial charge in [-0.3, -0.25) is 9.69 Å². The third kappa shape index (κ3) is 3.12. The molecule has 0 fully saturated rings. The molecule has 0 spiro atoms. The number of H-pyrrole nitrogens is 1. The van der Waals surface area contributed by atoms with Crippen LogP contribution >= 0.6 is 0 Å². The van der Waals surface area contributed by atoms with Crippen molar-refractivity contribution in [1.29, 1.82) is 0 Å². The Morgan fingerprint density at radius 1 is 1.32 bits per heavy atom. The standard InChI is InChI=1S/C16H19N5O/c1-11-5-6-13(8-12(11)2)15(22)10-21-7-3-4-14(9-21)16-17-19-20-18-16/h4-6,8H,3,7,9-10H2,1-2H3,(H,17,18,19,20). The van der Waals surface area contributed by atoms with E-state index in [0.717, 1.165) is 29.7 Å². The van der Waals surface area contributed by atoms with Crippen LogP contribution in [0.3, 0.4) is 0 Å². The SMILES string of the molecule is Cc1ccc(C(=O)CN2CCC=C(c3nn[nH]n3)C2)cc1C. The maximum absolute atomic E-state index is 12.5. The lowest BCUT2D eigenvalue weighted by Crippen LogP contribution is -2.34. The molecule has 0 aliphatic carbocycles. The molecular weight excluding hydrogens is 278 g/mol. The van der Waals surface area contributed by atoms with Gasteiger partial charge in [-0.15, -0.1) is 10.2 Å². The topological polar surface area (TPSA) is 74.8 Å². The van der Waals surface area contributed by atoms with E-state index >= 15 is 0 Å². The zero-order chi connectivity index (χ0) is 15.5. The molecule has 2 aromatic rings. The van der Waals surface area contributed by atoms with E-state index in [1.165, 1.54) is 5.56 Å². The van der Waals surface area contributed by atoms with Gasteiger partial charge in [-0.05, 0) is 42.7 Å². The normalized spacial score (nSPS) is 15.6. The fraction of sp³-hybridized carbons (Fsp3) is 0.375. The number of aryl methyl sites for hydroxylation is 2. The van der Waals surface area contributed by atoms with Gasteiger partial charge in [0.15, 0.2) is 5.78 Å². The first kappa shape index (κ1) is 14.6. The molecule has 6 heteroatoms. The number of carbonyl (C=O) groups excluding carboxylic acids is 1. The van der Waals surface area contributed by atoms with Crippen LogP contribution in [-0.2, 0) is 0 Å². The molecule has 3 rings (SSSR count). The monoisotopic (exact) mass is 297 g/mol. The Bertz CT molecular complexity index is 705. The molecule has 1 aliphatic rings. The number of rotatable bonds is 4. The van der Waals surface area contributed by atoms with Crippen molar-refractivity contribution in [3.8, 4) is 0 Å². The maximum Gasteiger partial charge on any atom is 0.201 e. The molecule has 6 nitrogen and oxygen atoms in total. The molecule has 1 N–H and O–H groups in total. The van der Waals surface area contributed by atoms with Crippen LogP contribution in [-0.4, -0.2) is 50.9 Å². The number of ketones is 1. The third-order valence-corrected chi connectivity index (χ3v) is 4.06. The van der Waals surface area contributed by atoms with Gasteiger partial charge >= 0.3 is 0 Å². The summed E-state index contributed by atoms with van der Waals surface area (Å²) >= 11 is 0. The average molecular weight is 297 g/mol. The van der Waals surface area contributed by atoms with Crippen LogP contribution < -0.4 is 0 Å². The van der Waals surface area contributed by atoms with Gasteiger partial charge in [0.1, 0.15) is 0 Å². The molecule has 0 saturated heterocycles. The van der Waals surface area contributed by atoms with Crippen molar-refractivity contribution < 1.29 is 4.79 Å². The Hall–Kier alpha value is -2.34. The maximum atomic E-state index is 12.5. The summed E-state index contributed by atoms with van der Waals surface area (Å²) in [5.74, 6) is 0.765. The number of benzene rings is 1. The summed E-state index contributed by atoms with van der Waals surface area (Å²) in [5.41, 5.74) is 4.15. The Kier molecular flexibility index (Phi) is 4.11. The Balaban J connectivity index is 1.67. The lowest BCUT2D eigenvalue weighted by molar-refractivity contribution is 0.0938. The lowest BCUT2D eigenvalue weighted by atomic mass is 10.0. The van der Waals surface area contributed by atoms with Crippen LogP contribution in [0.2, 0.25) is 0 Å². The second-order valence-corrected chi connectivity index (χ2v) is 5.69. The molecule has 2 heterocycles. The molecule has 0 saturated carbocycles. The quantitative estimate of drug-likeness (QED) is 0.871. The highest BCUT2D eigenvalue weighted by Crippen LogP contribution is 2.17. The summed E-state index contributed by atoms with van der Waals surface area (Å²) in [7, 11) is 0. The predicted molar refractivity (Wildman–Crippen MR) is 83.5 cm³/mol. The molecule has 0 bridgehead atoms. The van der Waals surface area contributed by atoms with Gasteiger partial charge in [-0.25, -0.2) is 0 Å². The molecule has 0 unspecified atom stereocenters. The van der Waals surface area contributed by atoms with E-state index in [2.05, 4.69) is 38.5 Å². The molecule has 0 radical (unpaired) electrons. The number of hydrogen-bond acceptors (Lipinski definition) is 5. The van der Waals surface area contributed by atoms with Crippen LogP contribution in [0.15, 0.2) is 24.3 Å². The van der Waals surface area contributed by atoms with Crippen molar-refractivity contribution in [3.05, 3.63) is 46.8 Å². The minimum atomic E-state index is 0.150. The first-order chi connectivity index (χ1) is 10.6. The van der Waals surface area contributed by atoms with Crippen LogP contribution in [0.5, 0.6) is 0 Å². The summed E-state index contributed by atoms with van der Waals surface area (Å²) in [4.78, 5) is 14.6. The summed E-state index contributed by atoms with van der Waals surface area (Å²) < 4.78 is 0. The average Bonchev–Trinajstić information content (AvgIpc) is 3.04. The number of hydrogen-bond donors (Lipinski definition) is 1. The second-order valence-electron chi connectivity index (χ2n) is 5.69. The van der Waals surface area contributed by atoms with E-state index < -0.39 is 0 Å². The number of nitrogens with one attached hydrogen (secondary N) is 1. The van der Waals surface area contributed by atoms with Crippen molar-refractivity contribution >= 4 is 11.4 Å². The van der Waals surface area contributed by atoms with Gasteiger partial charge in [0, 0.05) is 24.2 Å². The first-order valence-electron chi connectivity index (χ1n) is 7.39. The number of aromatic nitrogens is 4. The van der Waals surface area contributed by atoms with Crippen LogP contribution in [0, 0.1) is 13.8 Å². The van der Waals surface area contributed by atoms with Gasteiger partial charge in [-0.2, -0.15) is 5.21 Å². The Morgan fingerprint density at radius 3 is 2.91 bits per heavy atom. The largest absolute Gasteiger partial charge is 0.293 e. The highest BCUT2D eigenvalue weighted by molar-refractivity contribution is 5.98. The minimum Gasteiger partial charge on any atom is -0.293 e. The van der Waals surface area contributed by atoms with Crippen LogP contribution in [0.4, 0.5) is 0 Å². The molecule has 0 amide bonds. The predicted octanol–water partition coefficient (Wildman–Crippen LogP) is 1.79. The number of tetrazole rings is 1. The molecule has 114 valence electrons. The van der Waals surface area contributed by atoms with Crippen molar-refractivity contribution in [1.82, 2.24) is 25.5 Å². The minimum absolute atomic E-state index is 0.150. The molecule has 1 aromatic carbocycles. The zero-order valence-corrected chi connectivity index (χ0v) is 12.8. The smallest absolute Gasteiger partial charge is 0.201 e. The number of nitrogens with zero attached hydrogens (tertiary/aromatic N) is 4. The van der Waals surface area contributed by atoms with Crippen LogP contribution in [0.25, 0.3) is 5.57 Å². The summed E-state index contributed by atoms with van der Waals surface area (Å²) in [6.07, 6.45) is 3.01. The highest BCUT2D eigenvalue weighted by atomic mass is 16.1. The highest BCUT2D eigenvalue weighted by Gasteiger charge is 2.19.